The SMILES string of the molecule is COc1ccccc1C(=O)NCC(=O)NN=CC=Cc1ccccc1. The molecule has 0 heterocycles. The molecule has 2 aromatic rings. The molecular formula is C19H19N3O3. The van der Waals surface area contributed by atoms with Crippen molar-refractivity contribution in [3.8, 4) is 5.75 Å². The first-order chi connectivity index (χ1) is 12.2. The third-order valence-corrected chi connectivity index (χ3v) is 3.20. The molecule has 0 saturated carbocycles. The summed E-state index contributed by atoms with van der Waals surface area (Å²) >= 11 is 0. The number of para-hydroxylation sites is 1. The van der Waals surface area contributed by atoms with E-state index >= 15 is 0 Å². The van der Waals surface area contributed by atoms with Gasteiger partial charge in [-0.05, 0) is 23.8 Å². The van der Waals surface area contributed by atoms with Crippen LogP contribution < -0.4 is 15.5 Å². The van der Waals surface area contributed by atoms with Gasteiger partial charge in [-0.3, -0.25) is 9.59 Å². The Morgan fingerprint density at radius 2 is 1.80 bits per heavy atom. The molecular weight excluding hydrogens is 318 g/mol. The second-order valence-corrected chi connectivity index (χ2v) is 4.97. The van der Waals surface area contributed by atoms with Crippen molar-refractivity contribution in [3.63, 3.8) is 0 Å². The van der Waals surface area contributed by atoms with E-state index in [4.69, 9.17) is 4.74 Å². The molecule has 2 N–H and O–H groups in total. The van der Waals surface area contributed by atoms with Gasteiger partial charge in [0.05, 0.1) is 19.2 Å². The summed E-state index contributed by atoms with van der Waals surface area (Å²) in [5.41, 5.74) is 3.74. The van der Waals surface area contributed by atoms with Crippen molar-refractivity contribution in [2.24, 2.45) is 5.10 Å². The van der Waals surface area contributed by atoms with Crippen molar-refractivity contribution in [2.75, 3.05) is 13.7 Å². The van der Waals surface area contributed by atoms with E-state index in [9.17, 15) is 9.59 Å². The van der Waals surface area contributed by atoms with Crippen molar-refractivity contribution in [3.05, 3.63) is 71.8 Å². The van der Waals surface area contributed by atoms with Crippen LogP contribution in [-0.4, -0.2) is 31.7 Å². The monoisotopic (exact) mass is 337 g/mol. The summed E-state index contributed by atoms with van der Waals surface area (Å²) in [6, 6.07) is 16.5. The number of hydrogen-bond donors (Lipinski definition) is 2. The molecule has 6 heteroatoms. The van der Waals surface area contributed by atoms with E-state index in [1.54, 1.807) is 30.3 Å². The maximum atomic E-state index is 12.0. The number of carbonyl (C=O) groups is 2. The highest BCUT2D eigenvalue weighted by Gasteiger charge is 2.12. The molecule has 0 fully saturated rings. The van der Waals surface area contributed by atoms with Gasteiger partial charge in [-0.25, -0.2) is 5.43 Å². The fourth-order valence-corrected chi connectivity index (χ4v) is 2.00. The van der Waals surface area contributed by atoms with E-state index in [0.29, 0.717) is 11.3 Å². The average molecular weight is 337 g/mol. The Kier molecular flexibility index (Phi) is 6.94. The smallest absolute Gasteiger partial charge is 0.259 e. The first kappa shape index (κ1) is 17.9. The zero-order chi connectivity index (χ0) is 17.9. The molecule has 0 radical (unpaired) electrons. The summed E-state index contributed by atoms with van der Waals surface area (Å²) in [6.07, 6.45) is 5.04. The lowest BCUT2D eigenvalue weighted by molar-refractivity contribution is -0.120. The van der Waals surface area contributed by atoms with Crippen LogP contribution in [0.2, 0.25) is 0 Å². The van der Waals surface area contributed by atoms with Crippen molar-refractivity contribution in [2.45, 2.75) is 0 Å². The molecule has 0 aliphatic rings. The van der Waals surface area contributed by atoms with Gasteiger partial charge in [0, 0.05) is 6.21 Å². The van der Waals surface area contributed by atoms with Crippen LogP contribution in [0.15, 0.2) is 65.8 Å². The number of nitrogens with one attached hydrogen (secondary N) is 2. The summed E-state index contributed by atoms with van der Waals surface area (Å²) in [4.78, 5) is 23.7. The fourth-order valence-electron chi connectivity index (χ4n) is 2.00. The Labute approximate surface area is 146 Å². The van der Waals surface area contributed by atoms with Crippen LogP contribution in [0.3, 0.4) is 0 Å². The highest BCUT2D eigenvalue weighted by Crippen LogP contribution is 2.16. The predicted molar refractivity (Wildman–Crippen MR) is 97.4 cm³/mol. The molecule has 0 aliphatic heterocycles. The lowest BCUT2D eigenvalue weighted by atomic mass is 10.2. The van der Waals surface area contributed by atoms with Gasteiger partial charge in [-0.1, -0.05) is 48.5 Å². The minimum atomic E-state index is -0.424. The molecule has 2 amide bonds. The molecule has 2 rings (SSSR count). The van der Waals surface area contributed by atoms with E-state index in [1.165, 1.54) is 13.3 Å². The van der Waals surface area contributed by atoms with Gasteiger partial charge < -0.3 is 10.1 Å². The Morgan fingerprint density at radius 3 is 2.56 bits per heavy atom. The molecule has 0 atom stereocenters. The number of amides is 2. The molecule has 6 nitrogen and oxygen atoms in total. The zero-order valence-corrected chi connectivity index (χ0v) is 13.8. The summed E-state index contributed by atoms with van der Waals surface area (Å²) in [5, 5.41) is 6.30. The van der Waals surface area contributed by atoms with Crippen molar-refractivity contribution >= 4 is 24.1 Å². The predicted octanol–water partition coefficient (Wildman–Crippen LogP) is 2.24. The summed E-state index contributed by atoms with van der Waals surface area (Å²) < 4.78 is 5.11. The van der Waals surface area contributed by atoms with E-state index in [-0.39, 0.29) is 12.5 Å². The number of allylic oxidation sites excluding steroid dienone is 1. The first-order valence-corrected chi connectivity index (χ1v) is 7.65. The molecule has 0 saturated heterocycles. The first-order valence-electron chi connectivity index (χ1n) is 7.65. The second-order valence-electron chi connectivity index (χ2n) is 4.97. The summed E-state index contributed by atoms with van der Waals surface area (Å²) in [7, 11) is 1.48. The highest BCUT2D eigenvalue weighted by atomic mass is 16.5. The van der Waals surface area contributed by atoms with Gasteiger partial charge in [0.25, 0.3) is 11.8 Å². The van der Waals surface area contributed by atoms with Gasteiger partial charge in [-0.15, -0.1) is 0 Å². The van der Waals surface area contributed by atoms with Crippen LogP contribution in [0, 0.1) is 0 Å². The third kappa shape index (κ3) is 5.95. The molecule has 0 aromatic heterocycles. The molecule has 0 aliphatic carbocycles. The van der Waals surface area contributed by atoms with Crippen LogP contribution in [0.25, 0.3) is 6.08 Å². The number of hydrazone groups is 1. The van der Waals surface area contributed by atoms with E-state index < -0.39 is 5.91 Å². The van der Waals surface area contributed by atoms with Crippen LogP contribution in [-0.2, 0) is 4.79 Å². The second kappa shape index (κ2) is 9.67. The number of nitrogens with zero attached hydrogens (tertiary/aromatic N) is 1. The van der Waals surface area contributed by atoms with Crippen LogP contribution in [0.5, 0.6) is 5.75 Å². The highest BCUT2D eigenvalue weighted by molar-refractivity contribution is 5.98. The van der Waals surface area contributed by atoms with Gasteiger partial charge in [0.15, 0.2) is 0 Å². The normalized spacial score (nSPS) is 10.8. The van der Waals surface area contributed by atoms with E-state index in [2.05, 4.69) is 15.8 Å². The number of rotatable bonds is 7. The number of ether oxygens (including phenoxy) is 1. The molecule has 2 aromatic carbocycles. The maximum absolute atomic E-state index is 12.0. The lowest BCUT2D eigenvalue weighted by Crippen LogP contribution is -2.35. The van der Waals surface area contributed by atoms with Crippen molar-refractivity contribution < 1.29 is 14.3 Å². The van der Waals surface area contributed by atoms with Gasteiger partial charge >= 0.3 is 0 Å². The molecule has 128 valence electrons. The molecule has 0 bridgehead atoms. The van der Waals surface area contributed by atoms with E-state index in [0.717, 1.165) is 5.56 Å². The van der Waals surface area contributed by atoms with Gasteiger partial charge in [0.1, 0.15) is 5.75 Å². The molecule has 0 spiro atoms. The standard InChI is InChI=1S/C19H19N3O3/c1-25-17-12-6-5-11-16(17)19(24)20-14-18(23)22-21-13-7-10-15-8-3-2-4-9-15/h2-13H,14H2,1H3,(H,20,24)(H,22,23). The Balaban J connectivity index is 1.76. The van der Waals surface area contributed by atoms with Crippen LogP contribution >= 0.6 is 0 Å². The third-order valence-electron chi connectivity index (χ3n) is 3.20. The average Bonchev–Trinajstić information content (AvgIpc) is 2.66. The van der Waals surface area contributed by atoms with Gasteiger partial charge in [0.2, 0.25) is 0 Å². The number of benzene rings is 2. The Bertz CT molecular complexity index is 770. The topological polar surface area (TPSA) is 79.8 Å². The van der Waals surface area contributed by atoms with Crippen LogP contribution in [0.4, 0.5) is 0 Å². The number of methoxy groups -OCH3 is 1. The zero-order valence-electron chi connectivity index (χ0n) is 13.8. The minimum absolute atomic E-state index is 0.184. The molecule has 0 unspecified atom stereocenters. The van der Waals surface area contributed by atoms with Crippen molar-refractivity contribution in [1.82, 2.24) is 10.7 Å². The Hall–Kier alpha value is -3.41. The molecule has 25 heavy (non-hydrogen) atoms. The largest absolute Gasteiger partial charge is 0.496 e. The van der Waals surface area contributed by atoms with Crippen molar-refractivity contribution in [1.29, 1.82) is 0 Å². The minimum Gasteiger partial charge on any atom is -0.496 e. The van der Waals surface area contributed by atoms with E-state index in [1.807, 2.05) is 36.4 Å². The van der Waals surface area contributed by atoms with Gasteiger partial charge in [-0.2, -0.15) is 5.10 Å². The lowest BCUT2D eigenvalue weighted by Gasteiger charge is -2.08. The summed E-state index contributed by atoms with van der Waals surface area (Å²) in [5.74, 6) is -0.363. The quantitative estimate of drug-likeness (QED) is 0.601. The number of carbonyl (C=O) groups excluding carboxylic acids is 2. The number of hydrogen-bond acceptors (Lipinski definition) is 4. The fraction of sp³-hybridized carbons (Fsp3) is 0.105. The summed E-state index contributed by atoms with van der Waals surface area (Å²) in [6.45, 7) is -0.184. The Morgan fingerprint density at radius 1 is 1.08 bits per heavy atom. The van der Waals surface area contributed by atoms with Crippen LogP contribution in [0.1, 0.15) is 15.9 Å². The maximum Gasteiger partial charge on any atom is 0.259 e.